The highest BCUT2D eigenvalue weighted by Crippen LogP contribution is 2.15. The third-order valence-electron chi connectivity index (χ3n) is 2.26. The van der Waals surface area contributed by atoms with Crippen LogP contribution in [0.4, 0.5) is 4.39 Å². The first-order chi connectivity index (χ1) is 8.90. The van der Waals surface area contributed by atoms with Crippen molar-refractivity contribution in [2.24, 2.45) is 0 Å². The van der Waals surface area contributed by atoms with Gasteiger partial charge in [0.1, 0.15) is 5.82 Å². The van der Waals surface area contributed by atoms with Crippen LogP contribution in [0.15, 0.2) is 22.7 Å². The summed E-state index contributed by atoms with van der Waals surface area (Å²) in [4.78, 5) is 23.0. The minimum absolute atomic E-state index is 0.0348. The van der Waals surface area contributed by atoms with Crippen LogP contribution in [0.2, 0.25) is 0 Å². The van der Waals surface area contributed by atoms with Crippen molar-refractivity contribution < 1.29 is 14.0 Å². The predicted molar refractivity (Wildman–Crippen MR) is 74.3 cm³/mol. The van der Waals surface area contributed by atoms with Crippen LogP contribution in [0.25, 0.3) is 0 Å². The van der Waals surface area contributed by atoms with E-state index < -0.39 is 11.7 Å². The summed E-state index contributed by atoms with van der Waals surface area (Å²) in [6.07, 6.45) is 0.169. The molecule has 2 amide bonds. The number of nitrogens with one attached hydrogen (secondary N) is 2. The first kappa shape index (κ1) is 15.6. The Bertz CT molecular complexity index is 478. The summed E-state index contributed by atoms with van der Waals surface area (Å²) in [5.74, 6) is -1.27. The summed E-state index contributed by atoms with van der Waals surface area (Å²) < 4.78 is 14.1. The van der Waals surface area contributed by atoms with Crippen LogP contribution < -0.4 is 10.6 Å². The van der Waals surface area contributed by atoms with E-state index in [1.54, 1.807) is 6.07 Å². The molecular formula is C13H16BrFN2O2. The number of carbonyl (C=O) groups is 2. The van der Waals surface area contributed by atoms with E-state index in [0.717, 1.165) is 0 Å². The fraction of sp³-hybridized carbons (Fsp3) is 0.385. The zero-order chi connectivity index (χ0) is 14.4. The SMILES string of the molecule is CC(C)NC(=O)CCNC(=O)c1ccc(Br)cc1F. The molecule has 1 aromatic rings. The van der Waals surface area contributed by atoms with Crippen LogP contribution in [-0.4, -0.2) is 24.4 Å². The minimum atomic E-state index is -0.599. The number of hydrogen-bond acceptors (Lipinski definition) is 2. The Labute approximate surface area is 119 Å². The van der Waals surface area contributed by atoms with Gasteiger partial charge in [-0.25, -0.2) is 4.39 Å². The highest BCUT2D eigenvalue weighted by molar-refractivity contribution is 9.10. The second-order valence-electron chi connectivity index (χ2n) is 4.35. The molecule has 0 unspecified atom stereocenters. The standard InChI is InChI=1S/C13H16BrFN2O2/c1-8(2)17-12(18)5-6-16-13(19)10-4-3-9(14)7-11(10)15/h3-4,7-8H,5-6H2,1-2H3,(H,16,19)(H,17,18). The summed E-state index contributed by atoms with van der Waals surface area (Å²) >= 11 is 3.12. The lowest BCUT2D eigenvalue weighted by Crippen LogP contribution is -2.34. The molecule has 4 nitrogen and oxygen atoms in total. The molecule has 0 bridgehead atoms. The second kappa shape index (κ2) is 7.23. The van der Waals surface area contributed by atoms with Gasteiger partial charge in [0.15, 0.2) is 0 Å². The van der Waals surface area contributed by atoms with Crippen LogP contribution in [0.5, 0.6) is 0 Å². The van der Waals surface area contributed by atoms with E-state index in [-0.39, 0.29) is 30.5 Å². The summed E-state index contributed by atoms with van der Waals surface area (Å²) in [6, 6.07) is 4.26. The summed E-state index contributed by atoms with van der Waals surface area (Å²) in [5.41, 5.74) is -0.0348. The molecule has 0 radical (unpaired) electrons. The summed E-state index contributed by atoms with van der Waals surface area (Å²) in [6.45, 7) is 3.88. The molecule has 19 heavy (non-hydrogen) atoms. The third kappa shape index (κ3) is 5.38. The molecule has 2 N–H and O–H groups in total. The first-order valence-electron chi connectivity index (χ1n) is 5.92. The average molecular weight is 331 g/mol. The molecule has 0 aliphatic carbocycles. The molecule has 0 aliphatic rings. The molecule has 0 heterocycles. The van der Waals surface area contributed by atoms with Gasteiger partial charge in [-0.15, -0.1) is 0 Å². The molecule has 0 aromatic heterocycles. The predicted octanol–water partition coefficient (Wildman–Crippen LogP) is 2.23. The van der Waals surface area contributed by atoms with E-state index in [9.17, 15) is 14.0 Å². The van der Waals surface area contributed by atoms with Crippen molar-refractivity contribution in [3.05, 3.63) is 34.1 Å². The van der Waals surface area contributed by atoms with E-state index in [4.69, 9.17) is 0 Å². The average Bonchev–Trinajstić information content (AvgIpc) is 2.27. The zero-order valence-electron chi connectivity index (χ0n) is 10.8. The Morgan fingerprint density at radius 1 is 1.37 bits per heavy atom. The highest BCUT2D eigenvalue weighted by Gasteiger charge is 2.12. The van der Waals surface area contributed by atoms with Crippen LogP contribution in [0.3, 0.4) is 0 Å². The third-order valence-corrected chi connectivity index (χ3v) is 2.76. The molecule has 1 rings (SSSR count). The van der Waals surface area contributed by atoms with Crippen molar-refractivity contribution in [2.75, 3.05) is 6.54 Å². The number of amides is 2. The van der Waals surface area contributed by atoms with E-state index in [2.05, 4.69) is 26.6 Å². The summed E-state index contributed by atoms with van der Waals surface area (Å²) in [5, 5.41) is 5.21. The molecule has 0 aliphatic heterocycles. The zero-order valence-corrected chi connectivity index (χ0v) is 12.4. The lowest BCUT2D eigenvalue weighted by Gasteiger charge is -2.09. The van der Waals surface area contributed by atoms with E-state index in [1.807, 2.05) is 13.8 Å². The monoisotopic (exact) mass is 330 g/mol. The van der Waals surface area contributed by atoms with E-state index in [0.29, 0.717) is 4.47 Å². The van der Waals surface area contributed by atoms with Crippen LogP contribution in [0.1, 0.15) is 30.6 Å². The Morgan fingerprint density at radius 2 is 2.05 bits per heavy atom. The number of halogens is 2. The van der Waals surface area contributed by atoms with Crippen molar-refractivity contribution >= 4 is 27.7 Å². The van der Waals surface area contributed by atoms with Gasteiger partial charge in [-0.05, 0) is 32.0 Å². The maximum Gasteiger partial charge on any atom is 0.254 e. The second-order valence-corrected chi connectivity index (χ2v) is 5.27. The van der Waals surface area contributed by atoms with Crippen LogP contribution >= 0.6 is 15.9 Å². The number of rotatable bonds is 5. The van der Waals surface area contributed by atoms with Crippen molar-refractivity contribution in [1.29, 1.82) is 0 Å². The quantitative estimate of drug-likeness (QED) is 0.869. The topological polar surface area (TPSA) is 58.2 Å². The molecule has 1 aromatic carbocycles. The number of benzene rings is 1. The number of carbonyl (C=O) groups excluding carboxylic acids is 2. The van der Waals surface area contributed by atoms with Crippen molar-refractivity contribution in [2.45, 2.75) is 26.3 Å². The Balaban J connectivity index is 2.45. The van der Waals surface area contributed by atoms with Crippen LogP contribution in [0, 0.1) is 5.82 Å². The van der Waals surface area contributed by atoms with E-state index in [1.165, 1.54) is 12.1 Å². The smallest absolute Gasteiger partial charge is 0.254 e. The van der Waals surface area contributed by atoms with Gasteiger partial charge < -0.3 is 10.6 Å². The van der Waals surface area contributed by atoms with Gasteiger partial charge in [-0.1, -0.05) is 15.9 Å². The van der Waals surface area contributed by atoms with Crippen molar-refractivity contribution in [3.8, 4) is 0 Å². The normalized spacial score (nSPS) is 10.4. The molecule has 0 saturated carbocycles. The van der Waals surface area contributed by atoms with E-state index >= 15 is 0 Å². The lowest BCUT2D eigenvalue weighted by atomic mass is 10.2. The van der Waals surface area contributed by atoms with Gasteiger partial charge in [-0.3, -0.25) is 9.59 Å². The fourth-order valence-electron chi connectivity index (χ4n) is 1.45. The Kier molecular flexibility index (Phi) is 5.95. The maximum absolute atomic E-state index is 13.5. The maximum atomic E-state index is 13.5. The number of hydrogen-bond donors (Lipinski definition) is 2. The van der Waals surface area contributed by atoms with Gasteiger partial charge >= 0.3 is 0 Å². The lowest BCUT2D eigenvalue weighted by molar-refractivity contribution is -0.121. The minimum Gasteiger partial charge on any atom is -0.354 e. The molecule has 0 spiro atoms. The van der Waals surface area contributed by atoms with Gasteiger partial charge in [0, 0.05) is 23.5 Å². The van der Waals surface area contributed by atoms with Crippen LogP contribution in [-0.2, 0) is 4.79 Å². The largest absolute Gasteiger partial charge is 0.354 e. The fourth-order valence-corrected chi connectivity index (χ4v) is 1.79. The van der Waals surface area contributed by atoms with Gasteiger partial charge in [0.25, 0.3) is 5.91 Å². The van der Waals surface area contributed by atoms with Crippen molar-refractivity contribution in [1.82, 2.24) is 10.6 Å². The molecule has 104 valence electrons. The summed E-state index contributed by atoms with van der Waals surface area (Å²) in [7, 11) is 0. The van der Waals surface area contributed by atoms with Gasteiger partial charge in [0.2, 0.25) is 5.91 Å². The molecule has 0 fully saturated rings. The molecular weight excluding hydrogens is 315 g/mol. The van der Waals surface area contributed by atoms with Gasteiger partial charge in [0.05, 0.1) is 5.56 Å². The Hall–Kier alpha value is -1.43. The Morgan fingerprint density at radius 3 is 2.63 bits per heavy atom. The highest BCUT2D eigenvalue weighted by atomic mass is 79.9. The first-order valence-corrected chi connectivity index (χ1v) is 6.72. The molecule has 0 saturated heterocycles. The molecule has 0 atom stereocenters. The van der Waals surface area contributed by atoms with Crippen molar-refractivity contribution in [3.63, 3.8) is 0 Å². The molecule has 6 heteroatoms. The van der Waals surface area contributed by atoms with Gasteiger partial charge in [-0.2, -0.15) is 0 Å².